The minimum absolute atomic E-state index is 0.0987. The molecule has 0 aromatic carbocycles. The molecule has 106 valence electrons. The van der Waals surface area contributed by atoms with E-state index in [4.69, 9.17) is 5.73 Å². The molecule has 2 heterocycles. The highest BCUT2D eigenvalue weighted by molar-refractivity contribution is 7.08. The second-order valence-corrected chi connectivity index (χ2v) is 6.04. The Labute approximate surface area is 118 Å². The molecule has 1 atom stereocenters. The summed E-state index contributed by atoms with van der Waals surface area (Å²) in [5.41, 5.74) is 6.78. The number of aromatic nitrogens is 2. The van der Waals surface area contributed by atoms with Gasteiger partial charge in [-0.3, -0.25) is 4.79 Å². The molecule has 1 saturated heterocycles. The van der Waals surface area contributed by atoms with Crippen molar-refractivity contribution in [3.8, 4) is 0 Å². The largest absolute Gasteiger partial charge is 0.338 e. The third kappa shape index (κ3) is 3.30. The summed E-state index contributed by atoms with van der Waals surface area (Å²) in [6, 6.07) is 0.220. The van der Waals surface area contributed by atoms with E-state index in [2.05, 4.69) is 23.4 Å². The summed E-state index contributed by atoms with van der Waals surface area (Å²) in [5, 5.41) is 4.07. The van der Waals surface area contributed by atoms with Gasteiger partial charge >= 0.3 is 0 Å². The zero-order valence-corrected chi connectivity index (χ0v) is 12.4. The van der Waals surface area contributed by atoms with E-state index in [0.29, 0.717) is 5.92 Å². The number of carbonyl (C=O) groups excluding carboxylic acids is 1. The fourth-order valence-electron chi connectivity index (χ4n) is 2.54. The molecule has 6 heteroatoms. The van der Waals surface area contributed by atoms with Gasteiger partial charge in [0.25, 0.3) is 5.91 Å². The van der Waals surface area contributed by atoms with E-state index in [1.807, 2.05) is 4.90 Å². The number of rotatable bonds is 4. The van der Waals surface area contributed by atoms with Crippen molar-refractivity contribution in [1.29, 1.82) is 0 Å². The van der Waals surface area contributed by atoms with Crippen molar-refractivity contribution < 1.29 is 4.79 Å². The SMILES string of the molecule is CCCc1nnsc1C(=O)N1CCC(C(C)N)CC1. The Balaban J connectivity index is 1.99. The molecule has 0 saturated carbocycles. The highest BCUT2D eigenvalue weighted by atomic mass is 32.1. The van der Waals surface area contributed by atoms with Crippen LogP contribution in [0, 0.1) is 5.92 Å². The van der Waals surface area contributed by atoms with Crippen LogP contribution in [0.5, 0.6) is 0 Å². The number of piperidine rings is 1. The van der Waals surface area contributed by atoms with Crippen LogP contribution < -0.4 is 5.73 Å². The van der Waals surface area contributed by atoms with Crippen molar-refractivity contribution in [2.45, 2.75) is 45.6 Å². The van der Waals surface area contributed by atoms with Crippen LogP contribution >= 0.6 is 11.5 Å². The van der Waals surface area contributed by atoms with E-state index in [0.717, 1.165) is 49.3 Å². The first kappa shape index (κ1) is 14.4. The van der Waals surface area contributed by atoms with Gasteiger partial charge in [0.1, 0.15) is 4.88 Å². The summed E-state index contributed by atoms with van der Waals surface area (Å²) in [4.78, 5) is 15.1. The maximum Gasteiger partial charge on any atom is 0.267 e. The van der Waals surface area contributed by atoms with E-state index in [1.54, 1.807) is 0 Å². The number of hydrogen-bond acceptors (Lipinski definition) is 5. The number of nitrogens with zero attached hydrogens (tertiary/aromatic N) is 3. The molecular formula is C13H22N4OS. The molecular weight excluding hydrogens is 260 g/mol. The van der Waals surface area contributed by atoms with E-state index in [9.17, 15) is 4.79 Å². The smallest absolute Gasteiger partial charge is 0.267 e. The van der Waals surface area contributed by atoms with Crippen LogP contribution in [0.2, 0.25) is 0 Å². The van der Waals surface area contributed by atoms with E-state index >= 15 is 0 Å². The lowest BCUT2D eigenvalue weighted by atomic mass is 9.91. The molecule has 5 nitrogen and oxygen atoms in total. The maximum absolute atomic E-state index is 12.5. The highest BCUT2D eigenvalue weighted by Crippen LogP contribution is 2.23. The summed E-state index contributed by atoms with van der Waals surface area (Å²) < 4.78 is 3.92. The Hall–Kier alpha value is -1.01. The Morgan fingerprint density at radius 3 is 2.79 bits per heavy atom. The molecule has 1 amide bonds. The molecule has 0 radical (unpaired) electrons. The molecule has 2 rings (SSSR count). The molecule has 0 bridgehead atoms. The minimum Gasteiger partial charge on any atom is -0.338 e. The van der Waals surface area contributed by atoms with Crippen LogP contribution in [0.15, 0.2) is 0 Å². The lowest BCUT2D eigenvalue weighted by molar-refractivity contribution is 0.0684. The summed E-state index contributed by atoms with van der Waals surface area (Å²) in [7, 11) is 0. The molecule has 1 aromatic heterocycles. The van der Waals surface area contributed by atoms with Crippen LogP contribution in [0.1, 0.15) is 48.5 Å². The van der Waals surface area contributed by atoms with E-state index in [-0.39, 0.29) is 11.9 Å². The third-order valence-corrected chi connectivity index (χ3v) is 4.56. The Morgan fingerprint density at radius 1 is 1.53 bits per heavy atom. The highest BCUT2D eigenvalue weighted by Gasteiger charge is 2.27. The molecule has 2 N–H and O–H groups in total. The fourth-order valence-corrected chi connectivity index (χ4v) is 3.22. The number of hydrogen-bond donors (Lipinski definition) is 1. The van der Waals surface area contributed by atoms with Crippen molar-refractivity contribution in [1.82, 2.24) is 14.5 Å². The van der Waals surface area contributed by atoms with Crippen molar-refractivity contribution in [3.05, 3.63) is 10.6 Å². The number of nitrogens with two attached hydrogens (primary N) is 1. The van der Waals surface area contributed by atoms with E-state index in [1.165, 1.54) is 11.5 Å². The zero-order chi connectivity index (χ0) is 13.8. The first-order chi connectivity index (χ1) is 9.13. The Bertz CT molecular complexity index is 424. The van der Waals surface area contributed by atoms with Gasteiger partial charge in [-0.05, 0) is 43.6 Å². The van der Waals surface area contributed by atoms with Gasteiger partial charge in [0.2, 0.25) is 0 Å². The average Bonchev–Trinajstić information content (AvgIpc) is 2.87. The molecule has 1 aromatic rings. The molecule has 0 spiro atoms. The van der Waals surface area contributed by atoms with Gasteiger partial charge in [-0.15, -0.1) is 5.10 Å². The van der Waals surface area contributed by atoms with Gasteiger partial charge in [-0.25, -0.2) is 0 Å². The normalized spacial score (nSPS) is 18.6. The van der Waals surface area contributed by atoms with E-state index < -0.39 is 0 Å². The topological polar surface area (TPSA) is 72.1 Å². The van der Waals surface area contributed by atoms with Crippen LogP contribution in [0.4, 0.5) is 0 Å². The Morgan fingerprint density at radius 2 is 2.21 bits per heavy atom. The number of aryl methyl sites for hydroxylation is 1. The van der Waals surface area contributed by atoms with Crippen molar-refractivity contribution in [2.75, 3.05) is 13.1 Å². The lowest BCUT2D eigenvalue weighted by Crippen LogP contribution is -2.42. The molecule has 0 aliphatic carbocycles. The first-order valence-electron chi connectivity index (χ1n) is 6.99. The molecule has 1 aliphatic rings. The van der Waals surface area contributed by atoms with Crippen LogP contribution in [-0.4, -0.2) is 39.5 Å². The van der Waals surface area contributed by atoms with Gasteiger partial charge in [-0.2, -0.15) is 0 Å². The average molecular weight is 282 g/mol. The van der Waals surface area contributed by atoms with Gasteiger partial charge in [0, 0.05) is 19.1 Å². The quantitative estimate of drug-likeness (QED) is 0.912. The lowest BCUT2D eigenvalue weighted by Gasteiger charge is -2.33. The number of amides is 1. The monoisotopic (exact) mass is 282 g/mol. The fraction of sp³-hybridized carbons (Fsp3) is 0.769. The van der Waals surface area contributed by atoms with Gasteiger partial charge in [-0.1, -0.05) is 17.8 Å². The summed E-state index contributed by atoms with van der Waals surface area (Å²) >= 11 is 1.22. The molecule has 1 unspecified atom stereocenters. The zero-order valence-electron chi connectivity index (χ0n) is 11.6. The van der Waals surface area contributed by atoms with Crippen LogP contribution in [0.3, 0.4) is 0 Å². The first-order valence-corrected chi connectivity index (χ1v) is 7.77. The standard InChI is InChI=1S/C13H22N4OS/c1-3-4-11-12(19-16-15-11)13(18)17-7-5-10(6-8-17)9(2)14/h9-10H,3-8,14H2,1-2H3. The Kier molecular flexibility index (Phi) is 4.87. The summed E-state index contributed by atoms with van der Waals surface area (Å²) in [6.07, 6.45) is 3.81. The van der Waals surface area contributed by atoms with Gasteiger partial charge in [0.15, 0.2) is 0 Å². The minimum atomic E-state index is 0.0987. The van der Waals surface area contributed by atoms with Crippen molar-refractivity contribution in [2.24, 2.45) is 11.7 Å². The van der Waals surface area contributed by atoms with Gasteiger partial charge < -0.3 is 10.6 Å². The third-order valence-electron chi connectivity index (χ3n) is 3.81. The van der Waals surface area contributed by atoms with Gasteiger partial charge in [0.05, 0.1) is 5.69 Å². The molecule has 1 fully saturated rings. The number of likely N-dealkylation sites (tertiary alicyclic amines) is 1. The second kappa shape index (κ2) is 6.43. The summed E-state index contributed by atoms with van der Waals surface area (Å²) in [5.74, 6) is 0.639. The van der Waals surface area contributed by atoms with Crippen molar-refractivity contribution >= 4 is 17.4 Å². The van der Waals surface area contributed by atoms with Crippen molar-refractivity contribution in [3.63, 3.8) is 0 Å². The molecule has 19 heavy (non-hydrogen) atoms. The molecule has 1 aliphatic heterocycles. The summed E-state index contributed by atoms with van der Waals surface area (Å²) in [6.45, 7) is 5.74. The maximum atomic E-state index is 12.5. The predicted molar refractivity (Wildman–Crippen MR) is 76.2 cm³/mol. The predicted octanol–water partition coefficient (Wildman–Crippen LogP) is 1.69. The van der Waals surface area contributed by atoms with Crippen LogP contribution in [-0.2, 0) is 6.42 Å². The number of carbonyl (C=O) groups is 1. The van der Waals surface area contributed by atoms with Crippen LogP contribution in [0.25, 0.3) is 0 Å². The second-order valence-electron chi connectivity index (χ2n) is 5.29.